The Hall–Kier alpha value is -3.98. The van der Waals surface area contributed by atoms with E-state index < -0.39 is 56.2 Å². The van der Waals surface area contributed by atoms with Gasteiger partial charge >= 0.3 is 6.03 Å². The van der Waals surface area contributed by atoms with E-state index in [1.54, 1.807) is 24.8 Å². The third kappa shape index (κ3) is 3.34. The van der Waals surface area contributed by atoms with Crippen LogP contribution in [0.3, 0.4) is 0 Å². The number of carbonyl (C=O) groups is 3. The number of benzene rings is 1. The maximum absolute atomic E-state index is 16.2. The van der Waals surface area contributed by atoms with Crippen LogP contribution in [-0.2, 0) is 30.6 Å². The van der Waals surface area contributed by atoms with Gasteiger partial charge in [-0.2, -0.15) is 0 Å². The summed E-state index contributed by atoms with van der Waals surface area (Å²) in [5, 5.41) is 8.03. The topological polar surface area (TPSA) is 174 Å². The van der Waals surface area contributed by atoms with Gasteiger partial charge in [-0.15, -0.1) is 0 Å². The van der Waals surface area contributed by atoms with Crippen molar-refractivity contribution in [2.24, 2.45) is 5.41 Å². The number of urea groups is 1. The fraction of sp³-hybridized carbons (Fsp3) is 0.391. The predicted octanol–water partition coefficient (Wildman–Crippen LogP) is 0.718. The Kier molecular flexibility index (Phi) is 5.13. The molecule has 2 saturated heterocycles. The zero-order chi connectivity index (χ0) is 27.1. The van der Waals surface area contributed by atoms with Crippen LogP contribution in [-0.4, -0.2) is 72.4 Å². The number of amides is 4. The first-order valence-electron chi connectivity index (χ1n) is 11.6. The molecule has 5 heterocycles. The molecule has 3 aromatic rings. The Morgan fingerprint density at radius 1 is 1.18 bits per heavy atom. The Morgan fingerprint density at radius 2 is 1.89 bits per heavy atom. The largest absolute Gasteiger partial charge is 0.372 e. The van der Waals surface area contributed by atoms with Gasteiger partial charge in [-0.1, -0.05) is 5.16 Å². The lowest BCUT2D eigenvalue weighted by molar-refractivity contribution is -0.153. The maximum atomic E-state index is 16.2. The Bertz CT molecular complexity index is 1650. The van der Waals surface area contributed by atoms with E-state index in [0.29, 0.717) is 5.56 Å². The fourth-order valence-corrected chi connectivity index (χ4v) is 6.30. The van der Waals surface area contributed by atoms with Crippen LogP contribution in [0.15, 0.2) is 28.0 Å². The summed E-state index contributed by atoms with van der Waals surface area (Å²) < 4.78 is 51.4. The molecule has 2 N–H and O–H groups in total. The number of nitrogens with zero attached hydrogens (tertiary/aromatic N) is 4. The third-order valence-electron chi connectivity index (χ3n) is 7.17. The van der Waals surface area contributed by atoms with Gasteiger partial charge in [0.05, 0.1) is 35.0 Å². The quantitative estimate of drug-likeness (QED) is 0.344. The molecule has 38 heavy (non-hydrogen) atoms. The Morgan fingerprint density at radius 3 is 2.58 bits per heavy atom. The van der Waals surface area contributed by atoms with Gasteiger partial charge in [-0.25, -0.2) is 27.6 Å². The summed E-state index contributed by atoms with van der Waals surface area (Å²) in [5.74, 6) is -2.38. The molecular formula is C23H21FN6O7S. The van der Waals surface area contributed by atoms with Gasteiger partial charge < -0.3 is 14.2 Å². The molecule has 13 nitrogen and oxygen atoms in total. The van der Waals surface area contributed by atoms with Crippen molar-refractivity contribution in [3.8, 4) is 11.4 Å². The Labute approximate surface area is 214 Å². The fourth-order valence-electron chi connectivity index (χ4n) is 5.78. The lowest BCUT2D eigenvalue weighted by Crippen LogP contribution is -2.75. The number of rotatable bonds is 2. The van der Waals surface area contributed by atoms with Crippen molar-refractivity contribution >= 4 is 44.3 Å². The van der Waals surface area contributed by atoms with Crippen molar-refractivity contribution in [2.75, 3.05) is 17.7 Å². The summed E-state index contributed by atoms with van der Waals surface area (Å²) >= 11 is 0. The van der Waals surface area contributed by atoms with E-state index in [1.807, 2.05) is 0 Å². The zero-order valence-electron chi connectivity index (χ0n) is 20.3. The van der Waals surface area contributed by atoms with Gasteiger partial charge in [0.2, 0.25) is 32.4 Å². The van der Waals surface area contributed by atoms with E-state index >= 15 is 4.39 Å². The molecule has 6 rings (SSSR count). The predicted molar refractivity (Wildman–Crippen MR) is 127 cm³/mol. The number of nitrogens with one attached hydrogen (secondary N) is 2. The van der Waals surface area contributed by atoms with Crippen LogP contribution in [0.4, 0.5) is 14.9 Å². The van der Waals surface area contributed by atoms with Crippen LogP contribution in [0.5, 0.6) is 0 Å². The number of ether oxygens (including phenoxy) is 1. The highest BCUT2D eigenvalue weighted by atomic mass is 32.2. The van der Waals surface area contributed by atoms with Crippen LogP contribution in [0.25, 0.3) is 22.4 Å². The molecule has 2 fully saturated rings. The van der Waals surface area contributed by atoms with Crippen molar-refractivity contribution in [3.63, 3.8) is 0 Å². The molecule has 0 bridgehead atoms. The first-order chi connectivity index (χ1) is 17.9. The van der Waals surface area contributed by atoms with Crippen LogP contribution >= 0.6 is 0 Å². The number of aromatic nitrogens is 3. The minimum absolute atomic E-state index is 0.0570. The molecular weight excluding hydrogens is 523 g/mol. The average Bonchev–Trinajstić information content (AvgIpc) is 3.25. The van der Waals surface area contributed by atoms with Crippen LogP contribution in [0, 0.1) is 11.2 Å². The molecule has 0 radical (unpaired) electrons. The van der Waals surface area contributed by atoms with Crippen molar-refractivity contribution in [3.05, 3.63) is 29.7 Å². The van der Waals surface area contributed by atoms with Crippen molar-refractivity contribution < 1.29 is 36.5 Å². The maximum Gasteiger partial charge on any atom is 0.328 e. The molecule has 15 heteroatoms. The second-order valence-corrected chi connectivity index (χ2v) is 11.6. The first-order valence-corrected chi connectivity index (χ1v) is 13.5. The van der Waals surface area contributed by atoms with Crippen molar-refractivity contribution in [1.29, 1.82) is 0 Å². The van der Waals surface area contributed by atoms with Crippen molar-refractivity contribution in [1.82, 2.24) is 25.8 Å². The van der Waals surface area contributed by atoms with Gasteiger partial charge in [0.15, 0.2) is 11.2 Å². The van der Waals surface area contributed by atoms with Gasteiger partial charge in [0, 0.05) is 25.4 Å². The van der Waals surface area contributed by atoms with E-state index in [4.69, 9.17) is 9.26 Å². The minimum atomic E-state index is -3.74. The van der Waals surface area contributed by atoms with E-state index in [9.17, 15) is 22.8 Å². The normalized spacial score (nSPS) is 24.7. The number of hydrogen-bond acceptors (Lipinski definition) is 11. The molecule has 198 valence electrons. The lowest BCUT2D eigenvalue weighted by atomic mass is 9.66. The smallest absolute Gasteiger partial charge is 0.328 e. The highest BCUT2D eigenvalue weighted by Gasteiger charge is 2.63. The second-order valence-electron chi connectivity index (χ2n) is 9.74. The van der Waals surface area contributed by atoms with Crippen molar-refractivity contribution in [2.45, 2.75) is 43.7 Å². The molecule has 3 aliphatic rings. The molecule has 2 aromatic heterocycles. The number of carbonyl (C=O) groups excluding carboxylic acids is 3. The summed E-state index contributed by atoms with van der Waals surface area (Å²) in [6.07, 6.45) is 0.905. The molecule has 0 unspecified atom stereocenters. The van der Waals surface area contributed by atoms with Crippen LogP contribution in [0.1, 0.15) is 19.4 Å². The summed E-state index contributed by atoms with van der Waals surface area (Å²) in [6, 6.07) is 1.09. The highest BCUT2D eigenvalue weighted by molar-refractivity contribution is 7.90. The molecule has 3 aliphatic heterocycles. The minimum Gasteiger partial charge on any atom is -0.372 e. The number of morpholine rings is 1. The van der Waals surface area contributed by atoms with E-state index in [2.05, 4.69) is 25.8 Å². The molecule has 0 aliphatic carbocycles. The number of anilines is 1. The van der Waals surface area contributed by atoms with Crippen LogP contribution < -0.4 is 15.5 Å². The van der Waals surface area contributed by atoms with Crippen LogP contribution in [0.2, 0.25) is 0 Å². The zero-order valence-corrected chi connectivity index (χ0v) is 21.1. The van der Waals surface area contributed by atoms with Gasteiger partial charge in [-0.3, -0.25) is 20.2 Å². The average molecular weight is 545 g/mol. The van der Waals surface area contributed by atoms with E-state index in [0.717, 1.165) is 6.26 Å². The molecule has 3 atom stereocenters. The first kappa shape index (κ1) is 24.4. The molecule has 1 aromatic carbocycles. The SMILES string of the molecule is C[C@@H]1CN2c3c(cc4c(-c5ccnc(S(C)(=O)=O)n5)noc4c3F)CC3(C(=O)NC(=O)NC3=O)[C@H]2[C@H](C)O1. The van der Waals surface area contributed by atoms with Gasteiger partial charge in [-0.05, 0) is 31.5 Å². The van der Waals surface area contributed by atoms with Gasteiger partial charge in [0.25, 0.3) is 0 Å². The number of hydrogen-bond donors (Lipinski definition) is 2. The molecule has 4 amide bonds. The monoisotopic (exact) mass is 544 g/mol. The van der Waals surface area contributed by atoms with E-state index in [-0.39, 0.29) is 47.1 Å². The summed E-state index contributed by atoms with van der Waals surface area (Å²) in [7, 11) is -3.74. The summed E-state index contributed by atoms with van der Waals surface area (Å²) in [5.41, 5.74) is -1.43. The number of imide groups is 2. The number of barbiturate groups is 1. The second kappa shape index (κ2) is 8.01. The molecule has 0 saturated carbocycles. The highest BCUT2D eigenvalue weighted by Crippen LogP contribution is 2.49. The number of sulfone groups is 1. The molecule has 1 spiro atoms. The number of fused-ring (bicyclic) bond motifs is 5. The third-order valence-corrected chi connectivity index (χ3v) is 8.03. The summed E-state index contributed by atoms with van der Waals surface area (Å²) in [4.78, 5) is 48.0. The van der Waals surface area contributed by atoms with Gasteiger partial charge in [0.1, 0.15) is 5.69 Å². The lowest BCUT2D eigenvalue weighted by Gasteiger charge is -2.55. The standard InChI is InChI=1S/C23H21FN6O7S/c1-9-8-30-16-11(7-23(18(30)10(2)36-9)19(31)27-21(33)28-20(23)32)6-12-15(29-37-17(12)14(16)24)13-4-5-25-22(26-13)38(3,34)35/h4-6,9-10,18H,7-8H2,1-3H3,(H2,27,28,31,32,33)/t9-,10+,18-/m1/s1. The summed E-state index contributed by atoms with van der Waals surface area (Å²) in [6.45, 7) is 3.63. The Balaban J connectivity index is 1.58. The van der Waals surface area contributed by atoms with E-state index in [1.165, 1.54) is 12.3 Å². The number of halogens is 1.